The SMILES string of the molecule is COc1cc(C=NNC(=O)CSc2nc3ccccc3s2)ccc1OC(=O)c1ccccc1OC. The molecule has 0 aliphatic rings. The first-order valence-corrected chi connectivity index (χ1v) is 12.2. The molecule has 1 aromatic heterocycles. The van der Waals surface area contributed by atoms with E-state index >= 15 is 0 Å². The molecule has 0 aliphatic carbocycles. The summed E-state index contributed by atoms with van der Waals surface area (Å²) in [6.07, 6.45) is 1.48. The highest BCUT2D eigenvalue weighted by Crippen LogP contribution is 2.30. The average molecular weight is 508 g/mol. The van der Waals surface area contributed by atoms with E-state index in [1.165, 1.54) is 32.2 Å². The van der Waals surface area contributed by atoms with E-state index in [0.29, 0.717) is 22.6 Å². The zero-order chi connectivity index (χ0) is 24.6. The summed E-state index contributed by atoms with van der Waals surface area (Å²) in [5, 5.41) is 4.00. The number of hydrogen-bond donors (Lipinski definition) is 1. The lowest BCUT2D eigenvalue weighted by Crippen LogP contribution is -2.19. The molecule has 1 N–H and O–H groups in total. The van der Waals surface area contributed by atoms with Gasteiger partial charge in [0.15, 0.2) is 15.8 Å². The number of methoxy groups -OCH3 is 2. The van der Waals surface area contributed by atoms with Gasteiger partial charge in [-0.15, -0.1) is 11.3 Å². The van der Waals surface area contributed by atoms with Crippen molar-refractivity contribution in [2.24, 2.45) is 5.10 Å². The standard InChI is InChI=1S/C25H21N3O5S2/c1-31-19-9-5-3-7-17(19)24(30)33-20-12-11-16(13-21(20)32-2)14-26-28-23(29)15-34-25-27-18-8-4-6-10-22(18)35-25/h3-14H,15H2,1-2H3,(H,28,29). The van der Waals surface area contributed by atoms with E-state index < -0.39 is 5.97 Å². The van der Waals surface area contributed by atoms with Gasteiger partial charge in [0, 0.05) is 0 Å². The number of carbonyl (C=O) groups is 2. The molecule has 35 heavy (non-hydrogen) atoms. The van der Waals surface area contributed by atoms with Crippen molar-refractivity contribution in [3.05, 3.63) is 77.9 Å². The van der Waals surface area contributed by atoms with Crippen molar-refractivity contribution in [1.82, 2.24) is 10.4 Å². The van der Waals surface area contributed by atoms with Crippen molar-refractivity contribution < 1.29 is 23.8 Å². The molecule has 8 nitrogen and oxygen atoms in total. The number of thiazole rings is 1. The Morgan fingerprint density at radius 2 is 1.77 bits per heavy atom. The Kier molecular flexibility index (Phi) is 7.96. The van der Waals surface area contributed by atoms with Crippen molar-refractivity contribution in [1.29, 1.82) is 0 Å². The molecule has 0 bridgehead atoms. The molecule has 1 heterocycles. The third-order valence-corrected chi connectivity index (χ3v) is 6.90. The van der Waals surface area contributed by atoms with Crippen LogP contribution >= 0.6 is 23.1 Å². The van der Waals surface area contributed by atoms with Crippen molar-refractivity contribution in [3.63, 3.8) is 0 Å². The Hall–Kier alpha value is -3.89. The number of hydrazone groups is 1. The van der Waals surface area contributed by atoms with E-state index in [4.69, 9.17) is 14.2 Å². The minimum Gasteiger partial charge on any atom is -0.496 e. The number of nitrogens with zero attached hydrogens (tertiary/aromatic N) is 2. The highest BCUT2D eigenvalue weighted by Gasteiger charge is 2.16. The fourth-order valence-corrected chi connectivity index (χ4v) is 4.93. The van der Waals surface area contributed by atoms with Gasteiger partial charge in [0.2, 0.25) is 0 Å². The summed E-state index contributed by atoms with van der Waals surface area (Å²) in [6.45, 7) is 0. The number of para-hydroxylation sites is 2. The van der Waals surface area contributed by atoms with Crippen LogP contribution in [0.4, 0.5) is 0 Å². The Balaban J connectivity index is 1.33. The highest BCUT2D eigenvalue weighted by atomic mass is 32.2. The minimum atomic E-state index is -0.569. The van der Waals surface area contributed by atoms with Crippen LogP contribution in [0.1, 0.15) is 15.9 Å². The maximum absolute atomic E-state index is 12.6. The fourth-order valence-electron chi connectivity index (χ4n) is 3.07. The fraction of sp³-hybridized carbons (Fsp3) is 0.120. The second-order valence-corrected chi connectivity index (χ2v) is 9.28. The molecule has 0 radical (unpaired) electrons. The molecular weight excluding hydrogens is 486 g/mol. The molecule has 0 aliphatic heterocycles. The normalized spacial score (nSPS) is 10.9. The van der Waals surface area contributed by atoms with Crippen molar-refractivity contribution in [2.45, 2.75) is 4.34 Å². The summed E-state index contributed by atoms with van der Waals surface area (Å²) in [6, 6.07) is 19.6. The third kappa shape index (κ3) is 6.17. The van der Waals surface area contributed by atoms with E-state index in [1.807, 2.05) is 24.3 Å². The first-order valence-electron chi connectivity index (χ1n) is 10.4. The van der Waals surface area contributed by atoms with Crippen LogP contribution in [0.2, 0.25) is 0 Å². The first-order chi connectivity index (χ1) is 17.1. The summed E-state index contributed by atoms with van der Waals surface area (Å²) in [4.78, 5) is 29.2. The molecule has 0 saturated heterocycles. The smallest absolute Gasteiger partial charge is 0.347 e. The summed E-state index contributed by atoms with van der Waals surface area (Å²) >= 11 is 2.91. The molecular formula is C25H21N3O5S2. The molecule has 4 aromatic rings. The Bertz CT molecular complexity index is 1350. The maximum Gasteiger partial charge on any atom is 0.347 e. The minimum absolute atomic E-state index is 0.193. The average Bonchev–Trinajstić information content (AvgIpc) is 3.31. The summed E-state index contributed by atoms with van der Waals surface area (Å²) in [5.74, 6) is 0.377. The molecule has 0 saturated carbocycles. The van der Waals surface area contributed by atoms with E-state index in [9.17, 15) is 9.59 Å². The monoisotopic (exact) mass is 507 g/mol. The van der Waals surface area contributed by atoms with E-state index in [2.05, 4.69) is 15.5 Å². The van der Waals surface area contributed by atoms with Crippen LogP contribution < -0.4 is 19.6 Å². The van der Waals surface area contributed by atoms with Gasteiger partial charge in [-0.25, -0.2) is 15.2 Å². The Morgan fingerprint density at radius 3 is 2.57 bits per heavy atom. The van der Waals surface area contributed by atoms with Crippen molar-refractivity contribution in [3.8, 4) is 17.2 Å². The molecule has 178 valence electrons. The number of ether oxygens (including phenoxy) is 3. The first kappa shape index (κ1) is 24.2. The number of esters is 1. The zero-order valence-electron chi connectivity index (χ0n) is 18.9. The van der Waals surface area contributed by atoms with Gasteiger partial charge in [-0.05, 0) is 48.0 Å². The predicted octanol–water partition coefficient (Wildman–Crippen LogP) is 4.78. The number of benzene rings is 3. The number of thioether (sulfide) groups is 1. The lowest BCUT2D eigenvalue weighted by molar-refractivity contribution is -0.118. The highest BCUT2D eigenvalue weighted by molar-refractivity contribution is 8.01. The number of carbonyl (C=O) groups excluding carboxylic acids is 2. The van der Waals surface area contributed by atoms with E-state index in [0.717, 1.165) is 14.6 Å². The van der Waals surface area contributed by atoms with Crippen LogP contribution in [-0.2, 0) is 4.79 Å². The van der Waals surface area contributed by atoms with E-state index in [1.54, 1.807) is 53.8 Å². The van der Waals surface area contributed by atoms with Gasteiger partial charge in [-0.1, -0.05) is 36.0 Å². The number of rotatable bonds is 9. The summed E-state index contributed by atoms with van der Waals surface area (Å²) in [5.41, 5.74) is 4.37. The number of amides is 1. The van der Waals surface area contributed by atoms with Crippen LogP contribution in [0.25, 0.3) is 10.2 Å². The predicted molar refractivity (Wildman–Crippen MR) is 137 cm³/mol. The van der Waals surface area contributed by atoms with Crippen LogP contribution in [0, 0.1) is 0 Å². The topological polar surface area (TPSA) is 99.1 Å². The van der Waals surface area contributed by atoms with Gasteiger partial charge in [0.25, 0.3) is 5.91 Å². The second-order valence-electron chi connectivity index (χ2n) is 7.03. The molecule has 0 spiro atoms. The van der Waals surface area contributed by atoms with Crippen LogP contribution in [0.15, 0.2) is 76.2 Å². The summed E-state index contributed by atoms with van der Waals surface area (Å²) in [7, 11) is 2.96. The van der Waals surface area contributed by atoms with Gasteiger partial charge in [0.05, 0.1) is 36.4 Å². The molecule has 0 fully saturated rings. The van der Waals surface area contributed by atoms with Gasteiger partial charge in [0.1, 0.15) is 11.3 Å². The number of fused-ring (bicyclic) bond motifs is 1. The Labute approximate surface area is 209 Å². The molecule has 1 amide bonds. The zero-order valence-corrected chi connectivity index (χ0v) is 20.5. The van der Waals surface area contributed by atoms with Gasteiger partial charge < -0.3 is 14.2 Å². The number of aromatic nitrogens is 1. The number of hydrogen-bond acceptors (Lipinski definition) is 9. The lowest BCUT2D eigenvalue weighted by Gasteiger charge is -2.11. The van der Waals surface area contributed by atoms with E-state index in [-0.39, 0.29) is 17.4 Å². The molecule has 0 atom stereocenters. The van der Waals surface area contributed by atoms with Crippen LogP contribution in [-0.4, -0.2) is 43.0 Å². The number of nitrogens with one attached hydrogen (secondary N) is 1. The molecule has 10 heteroatoms. The molecule has 0 unspecified atom stereocenters. The van der Waals surface area contributed by atoms with Gasteiger partial charge >= 0.3 is 5.97 Å². The maximum atomic E-state index is 12.6. The quantitative estimate of drug-likeness (QED) is 0.114. The third-order valence-electron chi connectivity index (χ3n) is 4.72. The molecule has 3 aromatic carbocycles. The molecule has 4 rings (SSSR count). The van der Waals surface area contributed by atoms with Gasteiger partial charge in [-0.2, -0.15) is 5.10 Å². The largest absolute Gasteiger partial charge is 0.496 e. The summed E-state index contributed by atoms with van der Waals surface area (Å²) < 4.78 is 18.0. The second kappa shape index (κ2) is 11.5. The van der Waals surface area contributed by atoms with Crippen LogP contribution in [0.5, 0.6) is 17.2 Å². The van der Waals surface area contributed by atoms with Crippen molar-refractivity contribution >= 4 is 51.4 Å². The Morgan fingerprint density at radius 1 is 1.00 bits per heavy atom. The van der Waals surface area contributed by atoms with Crippen molar-refractivity contribution in [2.75, 3.05) is 20.0 Å². The lowest BCUT2D eigenvalue weighted by atomic mass is 10.2. The van der Waals surface area contributed by atoms with Crippen LogP contribution in [0.3, 0.4) is 0 Å². The van der Waals surface area contributed by atoms with Gasteiger partial charge in [-0.3, -0.25) is 4.79 Å².